The van der Waals surface area contributed by atoms with Crippen molar-refractivity contribution in [3.8, 4) is 0 Å². The van der Waals surface area contributed by atoms with E-state index in [4.69, 9.17) is 16.7 Å². The largest absolute Gasteiger partial charge is 0.272 e. The molecule has 33 heavy (non-hydrogen) atoms. The molecular formula is C26H20ClN3OS2. The summed E-state index contributed by atoms with van der Waals surface area (Å²) in [4.78, 5) is 18.1. The second-order valence-electron chi connectivity index (χ2n) is 8.26. The number of aromatic nitrogens is 1. The van der Waals surface area contributed by atoms with Gasteiger partial charge < -0.3 is 0 Å². The van der Waals surface area contributed by atoms with Crippen molar-refractivity contribution in [3.63, 3.8) is 0 Å². The molecule has 2 unspecified atom stereocenters. The van der Waals surface area contributed by atoms with Crippen molar-refractivity contribution in [3.05, 3.63) is 94.5 Å². The first-order valence-electron chi connectivity index (χ1n) is 10.9. The highest BCUT2D eigenvalue weighted by Crippen LogP contribution is 2.44. The van der Waals surface area contributed by atoms with Gasteiger partial charge in [0.1, 0.15) is 0 Å². The quantitative estimate of drug-likeness (QED) is 0.304. The van der Waals surface area contributed by atoms with E-state index in [0.29, 0.717) is 10.8 Å². The number of para-hydroxylation sites is 1. The molecule has 0 radical (unpaired) electrons. The maximum atomic E-state index is 13.5. The van der Waals surface area contributed by atoms with Gasteiger partial charge in [0, 0.05) is 16.5 Å². The van der Waals surface area contributed by atoms with E-state index in [9.17, 15) is 4.79 Å². The summed E-state index contributed by atoms with van der Waals surface area (Å²) in [6.07, 6.45) is 1.96. The number of amides is 1. The van der Waals surface area contributed by atoms with E-state index in [1.807, 2.05) is 42.5 Å². The number of fused-ring (bicyclic) bond motifs is 4. The normalized spacial score (nSPS) is 19.3. The Morgan fingerprint density at radius 3 is 2.70 bits per heavy atom. The summed E-state index contributed by atoms with van der Waals surface area (Å²) in [5, 5.41) is 7.33. The second kappa shape index (κ2) is 8.60. The summed E-state index contributed by atoms with van der Waals surface area (Å²) in [5.41, 5.74) is 5.54. The number of hydrogen-bond acceptors (Lipinski definition) is 5. The maximum Gasteiger partial charge on any atom is 0.253 e. The lowest BCUT2D eigenvalue weighted by atomic mass is 9.77. The van der Waals surface area contributed by atoms with Gasteiger partial charge in [0.25, 0.3) is 5.91 Å². The van der Waals surface area contributed by atoms with Crippen molar-refractivity contribution < 1.29 is 4.79 Å². The minimum absolute atomic E-state index is 0.00131. The van der Waals surface area contributed by atoms with Crippen molar-refractivity contribution in [2.24, 2.45) is 11.0 Å². The van der Waals surface area contributed by atoms with Gasteiger partial charge >= 0.3 is 0 Å². The van der Waals surface area contributed by atoms with E-state index in [-0.39, 0.29) is 17.9 Å². The van der Waals surface area contributed by atoms with Crippen LogP contribution in [0.3, 0.4) is 0 Å². The zero-order chi connectivity index (χ0) is 22.4. The molecule has 3 aromatic carbocycles. The summed E-state index contributed by atoms with van der Waals surface area (Å²) in [6.45, 7) is 0. The van der Waals surface area contributed by atoms with E-state index >= 15 is 0 Å². The number of aryl methyl sites for hydroxylation is 1. The van der Waals surface area contributed by atoms with Crippen LogP contribution in [0.15, 0.2) is 82.2 Å². The second-order valence-corrected chi connectivity index (χ2v) is 10.9. The third-order valence-electron chi connectivity index (χ3n) is 6.29. The summed E-state index contributed by atoms with van der Waals surface area (Å²) in [7, 11) is 0. The van der Waals surface area contributed by atoms with Gasteiger partial charge in [-0.05, 0) is 48.2 Å². The Bertz CT molecular complexity index is 1350. The van der Waals surface area contributed by atoms with Gasteiger partial charge in [0.2, 0.25) is 0 Å². The lowest BCUT2D eigenvalue weighted by Gasteiger charge is -2.29. The molecule has 164 valence electrons. The number of thiazole rings is 1. The lowest BCUT2D eigenvalue weighted by molar-refractivity contribution is -0.130. The Morgan fingerprint density at radius 2 is 1.85 bits per heavy atom. The average molecular weight is 490 g/mol. The molecule has 4 nitrogen and oxygen atoms in total. The molecule has 0 N–H and O–H groups in total. The fourth-order valence-electron chi connectivity index (χ4n) is 4.77. The predicted octanol–water partition coefficient (Wildman–Crippen LogP) is 6.59. The molecule has 1 amide bonds. The number of halogens is 1. The molecule has 2 atom stereocenters. The van der Waals surface area contributed by atoms with Crippen LogP contribution in [-0.4, -0.2) is 27.4 Å². The van der Waals surface area contributed by atoms with Crippen molar-refractivity contribution in [2.75, 3.05) is 5.75 Å². The third kappa shape index (κ3) is 3.86. The monoisotopic (exact) mass is 489 g/mol. The fourth-order valence-corrected chi connectivity index (χ4v) is 6.81. The standard InChI is InChI=1S/C26H20ClN3OS2/c27-18-12-9-17(10-13-18)25-20-14-11-16-5-1-2-6-19(16)24(20)29-30(25)23(31)15-32-26-28-21-7-3-4-8-22(21)33-26/h1-10,12-13,20,25H,11,14-15H2. The first-order valence-corrected chi connectivity index (χ1v) is 13.1. The van der Waals surface area contributed by atoms with E-state index in [2.05, 4.69) is 35.3 Å². The number of nitrogens with zero attached hydrogens (tertiary/aromatic N) is 3. The van der Waals surface area contributed by atoms with Gasteiger partial charge in [0.15, 0.2) is 4.34 Å². The lowest BCUT2D eigenvalue weighted by Crippen LogP contribution is -2.33. The Balaban J connectivity index is 1.31. The highest BCUT2D eigenvalue weighted by atomic mass is 35.5. The number of rotatable bonds is 4. The number of carbonyl (C=O) groups excluding carboxylic acids is 1. The molecule has 0 bridgehead atoms. The molecule has 0 saturated heterocycles. The van der Waals surface area contributed by atoms with Crippen LogP contribution in [-0.2, 0) is 11.2 Å². The molecule has 6 rings (SSSR count). The topological polar surface area (TPSA) is 45.6 Å². The van der Waals surface area contributed by atoms with Gasteiger partial charge in [-0.1, -0.05) is 71.9 Å². The Hall–Kier alpha value is -2.67. The van der Waals surface area contributed by atoms with E-state index in [1.54, 1.807) is 16.3 Å². The fraction of sp³-hybridized carbons (Fsp3) is 0.192. The van der Waals surface area contributed by atoms with Crippen LogP contribution in [0.2, 0.25) is 5.02 Å². The zero-order valence-corrected chi connectivity index (χ0v) is 20.0. The molecule has 7 heteroatoms. The number of thioether (sulfide) groups is 1. The van der Waals surface area contributed by atoms with Crippen LogP contribution in [0.25, 0.3) is 10.2 Å². The van der Waals surface area contributed by atoms with Crippen molar-refractivity contribution in [1.82, 2.24) is 9.99 Å². The van der Waals surface area contributed by atoms with Crippen LogP contribution in [0.5, 0.6) is 0 Å². The third-order valence-corrected chi connectivity index (χ3v) is 8.71. The Labute approximate surface area is 205 Å². The molecule has 1 aromatic heterocycles. The predicted molar refractivity (Wildman–Crippen MR) is 136 cm³/mol. The van der Waals surface area contributed by atoms with Crippen LogP contribution in [0.4, 0.5) is 0 Å². The summed E-state index contributed by atoms with van der Waals surface area (Å²) in [5.74, 6) is 0.478. The minimum atomic E-state index is -0.117. The van der Waals surface area contributed by atoms with Crippen molar-refractivity contribution in [2.45, 2.75) is 23.2 Å². The average Bonchev–Trinajstić information content (AvgIpc) is 3.44. The van der Waals surface area contributed by atoms with Crippen molar-refractivity contribution in [1.29, 1.82) is 0 Å². The van der Waals surface area contributed by atoms with Gasteiger partial charge in [-0.15, -0.1) is 11.3 Å². The zero-order valence-electron chi connectivity index (χ0n) is 17.6. The number of hydrogen-bond donors (Lipinski definition) is 0. The Morgan fingerprint density at radius 1 is 1.06 bits per heavy atom. The summed E-state index contributed by atoms with van der Waals surface area (Å²) < 4.78 is 2.04. The van der Waals surface area contributed by atoms with Crippen LogP contribution < -0.4 is 0 Å². The maximum absolute atomic E-state index is 13.5. The molecule has 2 aliphatic rings. The number of hydrazone groups is 1. The molecule has 1 aliphatic heterocycles. The Kier molecular flexibility index (Phi) is 5.45. The summed E-state index contributed by atoms with van der Waals surface area (Å²) in [6, 6.07) is 24.2. The molecule has 0 spiro atoms. The molecule has 0 saturated carbocycles. The van der Waals surface area contributed by atoms with E-state index in [1.165, 1.54) is 22.9 Å². The highest BCUT2D eigenvalue weighted by molar-refractivity contribution is 8.01. The van der Waals surface area contributed by atoms with E-state index in [0.717, 1.165) is 38.7 Å². The van der Waals surface area contributed by atoms with Crippen molar-refractivity contribution >= 4 is 56.5 Å². The number of benzene rings is 3. The highest BCUT2D eigenvalue weighted by Gasteiger charge is 2.43. The first-order chi connectivity index (χ1) is 16.2. The minimum Gasteiger partial charge on any atom is -0.272 e. The molecule has 1 aliphatic carbocycles. The van der Waals surface area contributed by atoms with Gasteiger partial charge in [-0.25, -0.2) is 9.99 Å². The SMILES string of the molecule is O=C(CSc1nc2ccccc2s1)N1N=C2c3ccccc3CCC2C1c1ccc(Cl)cc1. The molecule has 2 heterocycles. The molecule has 0 fully saturated rings. The summed E-state index contributed by atoms with van der Waals surface area (Å²) >= 11 is 9.26. The van der Waals surface area contributed by atoms with E-state index < -0.39 is 0 Å². The van der Waals surface area contributed by atoms with Crippen LogP contribution in [0.1, 0.15) is 29.2 Å². The number of carbonyl (C=O) groups is 1. The van der Waals surface area contributed by atoms with Gasteiger partial charge in [-0.3, -0.25) is 4.79 Å². The molecular weight excluding hydrogens is 470 g/mol. The van der Waals surface area contributed by atoms with Crippen LogP contribution >= 0.6 is 34.7 Å². The first kappa shape index (κ1) is 20.9. The van der Waals surface area contributed by atoms with Gasteiger partial charge in [0.05, 0.1) is 27.7 Å². The van der Waals surface area contributed by atoms with Crippen LogP contribution in [0, 0.1) is 5.92 Å². The smallest absolute Gasteiger partial charge is 0.253 e. The van der Waals surface area contributed by atoms with Gasteiger partial charge in [-0.2, -0.15) is 5.10 Å². The molecule has 4 aromatic rings.